The maximum Gasteiger partial charge on any atom is 0.248 e. The van der Waals surface area contributed by atoms with E-state index >= 15 is 0 Å². The van der Waals surface area contributed by atoms with Gasteiger partial charge in [-0.3, -0.25) is 14.6 Å². The number of hydrogen-bond acceptors (Lipinski definition) is 8. The van der Waals surface area contributed by atoms with Gasteiger partial charge in [-0.2, -0.15) is 9.97 Å². The molecule has 9 nitrogen and oxygen atoms in total. The fourth-order valence-corrected chi connectivity index (χ4v) is 6.87. The molecule has 1 unspecified atom stereocenters. The number of nitrogens with zero attached hydrogens (tertiary/aromatic N) is 5. The van der Waals surface area contributed by atoms with Crippen molar-refractivity contribution in [2.75, 3.05) is 53.6 Å². The van der Waals surface area contributed by atoms with Crippen LogP contribution in [0.1, 0.15) is 61.0 Å². The summed E-state index contributed by atoms with van der Waals surface area (Å²) in [5, 5.41) is 0. The van der Waals surface area contributed by atoms with Crippen LogP contribution in [0.5, 0.6) is 11.8 Å². The Kier molecular flexibility index (Phi) is 9.44. The Morgan fingerprint density at radius 2 is 1.55 bits per heavy atom. The first kappa shape index (κ1) is 30.5. The SMILES string of the molecule is COCC(=O)N1CCN2C(C(c3ccccc3)c3ccccc3)CN(Cc3c(OC)nc(C4CC4)nc3OC(C)C)C[C@@H]2C1. The molecule has 234 valence electrons. The van der Waals surface area contributed by atoms with Crippen LogP contribution in [0.2, 0.25) is 0 Å². The minimum absolute atomic E-state index is 0.0238. The van der Waals surface area contributed by atoms with Crippen LogP contribution >= 0.6 is 0 Å². The van der Waals surface area contributed by atoms with E-state index in [0.717, 1.165) is 43.9 Å². The summed E-state index contributed by atoms with van der Waals surface area (Å²) in [6.45, 7) is 8.58. The van der Waals surface area contributed by atoms with Crippen molar-refractivity contribution in [1.82, 2.24) is 24.7 Å². The molecule has 1 saturated carbocycles. The lowest BCUT2D eigenvalue weighted by Gasteiger charge is -2.53. The number of rotatable bonds is 11. The molecule has 3 aliphatic rings. The third kappa shape index (κ3) is 6.75. The fraction of sp³-hybridized carbons (Fsp3) is 0.514. The molecule has 0 N–H and O–H groups in total. The van der Waals surface area contributed by atoms with E-state index < -0.39 is 0 Å². The molecule has 0 radical (unpaired) electrons. The van der Waals surface area contributed by atoms with Crippen LogP contribution in [-0.2, 0) is 16.1 Å². The summed E-state index contributed by atoms with van der Waals surface area (Å²) in [4.78, 5) is 29.8. The van der Waals surface area contributed by atoms with Gasteiger partial charge in [0.15, 0.2) is 0 Å². The van der Waals surface area contributed by atoms with Gasteiger partial charge in [-0.25, -0.2) is 0 Å². The number of fused-ring (bicyclic) bond motifs is 1. The second kappa shape index (κ2) is 13.6. The standard InChI is InChI=1S/C35H45N5O4/c1-24(2)44-35-29(34(43-4)36-33(37-35)27-15-16-27)21-38-19-28-20-39(31(41)23-42-3)17-18-40(28)30(22-38)32(25-11-7-5-8-12-25)26-13-9-6-10-14-26/h5-14,24,27-28,30,32H,15-23H2,1-4H3/t28-,30?/m1/s1. The molecule has 2 aromatic carbocycles. The number of methoxy groups -OCH3 is 2. The van der Waals surface area contributed by atoms with Gasteiger partial charge in [0.2, 0.25) is 17.7 Å². The van der Waals surface area contributed by atoms with Crippen molar-refractivity contribution in [3.63, 3.8) is 0 Å². The highest BCUT2D eigenvalue weighted by molar-refractivity contribution is 5.77. The first-order valence-electron chi connectivity index (χ1n) is 15.9. The molecule has 1 aliphatic carbocycles. The van der Waals surface area contributed by atoms with E-state index in [-0.39, 0.29) is 36.6 Å². The topological polar surface area (TPSA) is 80.3 Å². The Morgan fingerprint density at radius 3 is 2.14 bits per heavy atom. The zero-order valence-electron chi connectivity index (χ0n) is 26.4. The van der Waals surface area contributed by atoms with Crippen molar-refractivity contribution in [1.29, 1.82) is 0 Å². The molecule has 3 fully saturated rings. The van der Waals surface area contributed by atoms with Gasteiger partial charge in [0, 0.05) is 70.3 Å². The number of hydrogen-bond donors (Lipinski definition) is 0. The maximum atomic E-state index is 12.9. The Labute approximate surface area is 261 Å². The van der Waals surface area contributed by atoms with E-state index in [1.54, 1.807) is 14.2 Å². The summed E-state index contributed by atoms with van der Waals surface area (Å²) in [5.74, 6) is 2.62. The van der Waals surface area contributed by atoms with Gasteiger partial charge in [-0.05, 0) is 37.8 Å². The van der Waals surface area contributed by atoms with Crippen molar-refractivity contribution in [2.24, 2.45) is 0 Å². The smallest absolute Gasteiger partial charge is 0.248 e. The first-order valence-corrected chi connectivity index (χ1v) is 15.9. The van der Waals surface area contributed by atoms with Gasteiger partial charge < -0.3 is 19.1 Å². The van der Waals surface area contributed by atoms with Crippen LogP contribution < -0.4 is 9.47 Å². The summed E-state index contributed by atoms with van der Waals surface area (Å²) < 4.78 is 17.4. The zero-order chi connectivity index (χ0) is 30.6. The van der Waals surface area contributed by atoms with E-state index in [9.17, 15) is 4.79 Å². The van der Waals surface area contributed by atoms with Crippen molar-refractivity contribution >= 4 is 5.91 Å². The van der Waals surface area contributed by atoms with Crippen molar-refractivity contribution in [3.05, 3.63) is 83.2 Å². The summed E-state index contributed by atoms with van der Waals surface area (Å²) in [7, 11) is 3.27. The number of carbonyl (C=O) groups is 1. The molecule has 9 heteroatoms. The highest BCUT2D eigenvalue weighted by Crippen LogP contribution is 2.42. The van der Waals surface area contributed by atoms with Crippen LogP contribution in [0.25, 0.3) is 0 Å². The molecule has 44 heavy (non-hydrogen) atoms. The number of benzene rings is 2. The average Bonchev–Trinajstić information content (AvgIpc) is 3.88. The molecule has 2 aliphatic heterocycles. The van der Waals surface area contributed by atoms with Gasteiger partial charge in [0.25, 0.3) is 0 Å². The lowest BCUT2D eigenvalue weighted by molar-refractivity contribution is -0.140. The van der Waals surface area contributed by atoms with Gasteiger partial charge in [-0.15, -0.1) is 0 Å². The second-order valence-electron chi connectivity index (χ2n) is 12.5. The lowest BCUT2D eigenvalue weighted by atomic mass is 9.81. The van der Waals surface area contributed by atoms with E-state index in [2.05, 4.69) is 70.5 Å². The summed E-state index contributed by atoms with van der Waals surface area (Å²) in [5.41, 5.74) is 3.47. The molecule has 6 rings (SSSR count). The highest BCUT2D eigenvalue weighted by atomic mass is 16.5. The quantitative estimate of drug-likeness (QED) is 0.323. The number of aromatic nitrogens is 2. The van der Waals surface area contributed by atoms with E-state index in [4.69, 9.17) is 24.2 Å². The molecule has 1 aromatic heterocycles. The molecule has 1 amide bonds. The highest BCUT2D eigenvalue weighted by Gasteiger charge is 2.43. The Bertz CT molecular complexity index is 1360. The van der Waals surface area contributed by atoms with Crippen LogP contribution in [0.4, 0.5) is 0 Å². The summed E-state index contributed by atoms with van der Waals surface area (Å²) >= 11 is 0. The number of ether oxygens (including phenoxy) is 3. The van der Waals surface area contributed by atoms with Gasteiger partial charge in [0.05, 0.1) is 18.8 Å². The molecule has 3 aromatic rings. The van der Waals surface area contributed by atoms with Crippen LogP contribution in [0, 0.1) is 0 Å². The Balaban J connectivity index is 1.37. The Morgan fingerprint density at radius 1 is 0.886 bits per heavy atom. The van der Waals surface area contributed by atoms with E-state index in [1.165, 1.54) is 11.1 Å². The molecule has 0 spiro atoms. The molecular weight excluding hydrogens is 554 g/mol. The predicted molar refractivity (Wildman–Crippen MR) is 169 cm³/mol. The maximum absolute atomic E-state index is 12.9. The van der Waals surface area contributed by atoms with E-state index in [1.807, 2.05) is 18.7 Å². The third-order valence-electron chi connectivity index (χ3n) is 9.00. The zero-order valence-corrected chi connectivity index (χ0v) is 26.4. The fourth-order valence-electron chi connectivity index (χ4n) is 6.87. The van der Waals surface area contributed by atoms with Crippen molar-refractivity contribution in [2.45, 2.75) is 63.3 Å². The second-order valence-corrected chi connectivity index (χ2v) is 12.5. The molecule has 0 bridgehead atoms. The third-order valence-corrected chi connectivity index (χ3v) is 9.00. The Hall–Kier alpha value is -3.53. The molecule has 3 heterocycles. The van der Waals surface area contributed by atoms with Gasteiger partial charge in [0.1, 0.15) is 12.4 Å². The number of piperazine rings is 2. The predicted octanol–water partition coefficient (Wildman–Crippen LogP) is 4.33. The normalized spacial score (nSPS) is 21.0. The summed E-state index contributed by atoms with van der Waals surface area (Å²) in [6.07, 6.45) is 2.19. The molecular formula is C35H45N5O4. The number of amides is 1. The van der Waals surface area contributed by atoms with E-state index in [0.29, 0.717) is 37.3 Å². The first-order chi connectivity index (χ1) is 21.4. The minimum Gasteiger partial charge on any atom is -0.481 e. The van der Waals surface area contributed by atoms with Gasteiger partial charge in [-0.1, -0.05) is 60.7 Å². The van der Waals surface area contributed by atoms with Crippen LogP contribution in [0.15, 0.2) is 60.7 Å². The number of carbonyl (C=O) groups excluding carboxylic acids is 1. The molecule has 2 saturated heterocycles. The summed E-state index contributed by atoms with van der Waals surface area (Å²) in [6, 6.07) is 22.0. The van der Waals surface area contributed by atoms with Crippen molar-refractivity contribution in [3.8, 4) is 11.8 Å². The molecule has 2 atom stereocenters. The average molecular weight is 600 g/mol. The minimum atomic E-state index is -0.0238. The van der Waals surface area contributed by atoms with Gasteiger partial charge >= 0.3 is 0 Å². The largest absolute Gasteiger partial charge is 0.481 e. The monoisotopic (exact) mass is 599 g/mol. The van der Waals surface area contributed by atoms with Crippen LogP contribution in [0.3, 0.4) is 0 Å². The van der Waals surface area contributed by atoms with Crippen molar-refractivity contribution < 1.29 is 19.0 Å². The van der Waals surface area contributed by atoms with Crippen LogP contribution in [-0.4, -0.2) is 102 Å². The lowest BCUT2D eigenvalue weighted by Crippen LogP contribution is -2.67.